The van der Waals surface area contributed by atoms with Crippen molar-refractivity contribution in [1.29, 1.82) is 0 Å². The van der Waals surface area contributed by atoms with Gasteiger partial charge in [0, 0.05) is 30.8 Å². The van der Waals surface area contributed by atoms with Gasteiger partial charge in [-0.1, -0.05) is 19.9 Å². The van der Waals surface area contributed by atoms with Crippen LogP contribution in [0.4, 0.5) is 4.79 Å². The van der Waals surface area contributed by atoms with E-state index >= 15 is 0 Å². The Hall–Kier alpha value is -2.94. The number of hydrogen-bond acceptors (Lipinski definition) is 10. The lowest BCUT2D eigenvalue weighted by Crippen LogP contribution is -2.60. The SMILES string of the molecule is Cc1cc(OCCCNC(=O)NCCO)ccc1Cc1c(O[C@@H]2O[C@H](CO)[C@@H](O)[C@H](O)[C@H]2O)n[nH]c1C(C)C. The van der Waals surface area contributed by atoms with E-state index in [1.807, 2.05) is 39.0 Å². The second kappa shape index (κ2) is 14.4. The van der Waals surface area contributed by atoms with Gasteiger partial charge in [-0.25, -0.2) is 4.79 Å². The zero-order valence-electron chi connectivity index (χ0n) is 22.5. The molecule has 0 unspecified atom stereocenters. The van der Waals surface area contributed by atoms with Gasteiger partial charge in [-0.15, -0.1) is 5.10 Å². The standard InChI is InChI=1S/C26H40N4O9/c1-14(2)20-18(24(30-29-20)39-25-23(35)22(34)21(33)19(13-32)38-25)12-16-5-6-17(11-15(16)3)37-10-4-7-27-26(36)28-8-9-31/h5-6,11,14,19,21-23,25,31-35H,4,7-10,12-13H2,1-3H3,(H,29,30)(H2,27,28,36)/t19-,21-,22+,23-,25+/m1/s1. The molecular weight excluding hydrogens is 512 g/mol. The number of hydrogen-bond donors (Lipinski definition) is 8. The minimum atomic E-state index is -1.55. The summed E-state index contributed by atoms with van der Waals surface area (Å²) in [6, 6.07) is 5.39. The van der Waals surface area contributed by atoms with Crippen molar-refractivity contribution < 1.29 is 44.5 Å². The number of aromatic amines is 1. The Balaban J connectivity index is 1.65. The van der Waals surface area contributed by atoms with Gasteiger partial charge in [0.25, 0.3) is 0 Å². The van der Waals surface area contributed by atoms with Crippen LogP contribution >= 0.6 is 0 Å². The van der Waals surface area contributed by atoms with E-state index in [4.69, 9.17) is 19.3 Å². The molecule has 13 nitrogen and oxygen atoms in total. The molecule has 2 aromatic rings. The van der Waals surface area contributed by atoms with Crippen molar-refractivity contribution in [3.05, 3.63) is 40.6 Å². The smallest absolute Gasteiger partial charge is 0.314 e. The summed E-state index contributed by atoms with van der Waals surface area (Å²) in [7, 11) is 0. The summed E-state index contributed by atoms with van der Waals surface area (Å²) in [6.45, 7) is 6.35. The predicted molar refractivity (Wildman–Crippen MR) is 140 cm³/mol. The van der Waals surface area contributed by atoms with Crippen LogP contribution in [0, 0.1) is 6.92 Å². The Kier molecular flexibility index (Phi) is 11.3. The molecule has 0 bridgehead atoms. The lowest BCUT2D eigenvalue weighted by molar-refractivity contribution is -0.278. The van der Waals surface area contributed by atoms with E-state index in [1.165, 1.54) is 0 Å². The van der Waals surface area contributed by atoms with Crippen molar-refractivity contribution in [2.45, 2.75) is 70.2 Å². The Labute approximate surface area is 227 Å². The van der Waals surface area contributed by atoms with Gasteiger partial charge in [-0.3, -0.25) is 5.10 Å². The van der Waals surface area contributed by atoms with E-state index in [-0.39, 0.29) is 31.0 Å². The third kappa shape index (κ3) is 8.03. The maximum Gasteiger partial charge on any atom is 0.314 e. The third-order valence-corrected chi connectivity index (χ3v) is 6.47. The van der Waals surface area contributed by atoms with E-state index < -0.39 is 37.3 Å². The molecule has 39 heavy (non-hydrogen) atoms. The van der Waals surface area contributed by atoms with Gasteiger partial charge in [0.15, 0.2) is 0 Å². The lowest BCUT2D eigenvalue weighted by atomic mass is 9.96. The zero-order valence-corrected chi connectivity index (χ0v) is 22.5. The maximum absolute atomic E-state index is 11.5. The number of aromatic nitrogens is 2. The van der Waals surface area contributed by atoms with Crippen LogP contribution in [0.2, 0.25) is 0 Å². The number of aliphatic hydroxyl groups is 5. The summed E-state index contributed by atoms with van der Waals surface area (Å²) < 4.78 is 17.2. The summed E-state index contributed by atoms with van der Waals surface area (Å²) >= 11 is 0. The monoisotopic (exact) mass is 552 g/mol. The first-order valence-electron chi connectivity index (χ1n) is 13.0. The number of nitrogens with one attached hydrogen (secondary N) is 3. The van der Waals surface area contributed by atoms with Gasteiger partial charge >= 0.3 is 6.03 Å². The Morgan fingerprint density at radius 2 is 1.87 bits per heavy atom. The van der Waals surface area contributed by atoms with Crippen LogP contribution in [-0.2, 0) is 11.2 Å². The van der Waals surface area contributed by atoms with E-state index in [1.54, 1.807) is 0 Å². The van der Waals surface area contributed by atoms with Crippen molar-refractivity contribution in [1.82, 2.24) is 20.8 Å². The first-order chi connectivity index (χ1) is 18.7. The molecule has 3 rings (SSSR count). The van der Waals surface area contributed by atoms with Crippen molar-refractivity contribution in [2.24, 2.45) is 0 Å². The summed E-state index contributed by atoms with van der Waals surface area (Å²) in [5, 5.41) is 61.2. The minimum Gasteiger partial charge on any atom is -0.494 e. The molecule has 2 amide bonds. The van der Waals surface area contributed by atoms with Crippen LogP contribution in [0.5, 0.6) is 11.6 Å². The van der Waals surface area contributed by atoms with Gasteiger partial charge in [-0.05, 0) is 42.5 Å². The topological polar surface area (TPSA) is 199 Å². The fourth-order valence-electron chi connectivity index (χ4n) is 4.22. The first-order valence-corrected chi connectivity index (χ1v) is 13.0. The van der Waals surface area contributed by atoms with Crippen molar-refractivity contribution >= 4 is 6.03 Å². The average Bonchev–Trinajstić information content (AvgIpc) is 3.31. The van der Waals surface area contributed by atoms with Crippen LogP contribution in [-0.4, -0.2) is 105 Å². The number of nitrogens with zero attached hydrogens (tertiary/aromatic N) is 1. The van der Waals surface area contributed by atoms with Crippen LogP contribution in [0.3, 0.4) is 0 Å². The third-order valence-electron chi connectivity index (χ3n) is 6.47. The largest absolute Gasteiger partial charge is 0.494 e. The molecule has 1 aromatic carbocycles. The van der Waals surface area contributed by atoms with E-state index in [9.17, 15) is 25.2 Å². The molecule has 8 N–H and O–H groups in total. The molecule has 1 saturated heterocycles. The van der Waals surface area contributed by atoms with Crippen molar-refractivity contribution in [2.75, 3.05) is 32.9 Å². The highest BCUT2D eigenvalue weighted by atomic mass is 16.7. The Morgan fingerprint density at radius 1 is 1.13 bits per heavy atom. The highest BCUT2D eigenvalue weighted by Crippen LogP contribution is 2.32. The molecule has 1 aliphatic rings. The van der Waals surface area contributed by atoms with E-state index in [0.29, 0.717) is 31.7 Å². The molecule has 0 radical (unpaired) electrons. The van der Waals surface area contributed by atoms with E-state index in [0.717, 1.165) is 22.4 Å². The molecule has 1 fully saturated rings. The second-order valence-corrected chi connectivity index (χ2v) is 9.76. The minimum absolute atomic E-state index is 0.0851. The fourth-order valence-corrected chi connectivity index (χ4v) is 4.22. The lowest BCUT2D eigenvalue weighted by Gasteiger charge is -2.39. The Bertz CT molecular complexity index is 1060. The molecule has 5 atom stereocenters. The van der Waals surface area contributed by atoms with Crippen molar-refractivity contribution in [3.63, 3.8) is 0 Å². The number of H-pyrrole nitrogens is 1. The Morgan fingerprint density at radius 3 is 2.54 bits per heavy atom. The highest BCUT2D eigenvalue weighted by molar-refractivity contribution is 5.73. The van der Waals surface area contributed by atoms with Crippen LogP contribution in [0.15, 0.2) is 18.2 Å². The number of aryl methyl sites for hydroxylation is 1. The normalized spacial score (nSPS) is 23.1. The highest BCUT2D eigenvalue weighted by Gasteiger charge is 2.45. The predicted octanol–water partition coefficient (Wildman–Crippen LogP) is -0.329. The summed E-state index contributed by atoms with van der Waals surface area (Å²) in [5.74, 6) is 0.968. The zero-order chi connectivity index (χ0) is 28.5. The average molecular weight is 553 g/mol. The molecule has 2 heterocycles. The van der Waals surface area contributed by atoms with Crippen LogP contribution < -0.4 is 20.1 Å². The summed E-state index contributed by atoms with van der Waals surface area (Å²) in [5.41, 5.74) is 3.56. The van der Waals surface area contributed by atoms with Gasteiger partial charge in [0.05, 0.1) is 19.8 Å². The number of carbonyl (C=O) groups is 1. The van der Waals surface area contributed by atoms with Crippen LogP contribution in [0.1, 0.15) is 48.6 Å². The molecule has 218 valence electrons. The summed E-state index contributed by atoms with van der Waals surface area (Å²) in [6.07, 6.45) is -5.94. The van der Waals surface area contributed by atoms with E-state index in [2.05, 4.69) is 20.8 Å². The molecule has 0 saturated carbocycles. The van der Waals surface area contributed by atoms with Crippen LogP contribution in [0.25, 0.3) is 0 Å². The van der Waals surface area contributed by atoms with Gasteiger partial charge in [0.1, 0.15) is 30.2 Å². The number of amides is 2. The molecule has 1 aromatic heterocycles. The fraction of sp³-hybridized carbons (Fsp3) is 0.615. The van der Waals surface area contributed by atoms with Crippen molar-refractivity contribution in [3.8, 4) is 11.6 Å². The number of aliphatic hydroxyl groups excluding tert-OH is 5. The number of rotatable bonds is 13. The molecule has 13 heteroatoms. The molecule has 0 spiro atoms. The number of ether oxygens (including phenoxy) is 3. The van der Waals surface area contributed by atoms with Gasteiger partial charge < -0.3 is 50.4 Å². The molecule has 0 aliphatic carbocycles. The number of carbonyl (C=O) groups excluding carboxylic acids is 1. The molecule has 1 aliphatic heterocycles. The van der Waals surface area contributed by atoms with Gasteiger partial charge in [0.2, 0.25) is 12.2 Å². The first kappa shape index (κ1) is 30.6. The molecular formula is C26H40N4O9. The van der Waals surface area contributed by atoms with Gasteiger partial charge in [-0.2, -0.15) is 0 Å². The number of urea groups is 1. The second-order valence-electron chi connectivity index (χ2n) is 9.76. The maximum atomic E-state index is 11.5. The number of benzene rings is 1. The quantitative estimate of drug-likeness (QED) is 0.152. The summed E-state index contributed by atoms with van der Waals surface area (Å²) in [4.78, 5) is 11.5.